The summed E-state index contributed by atoms with van der Waals surface area (Å²) in [6, 6.07) is 0. The van der Waals surface area contributed by atoms with E-state index in [1.807, 2.05) is 0 Å². The Balaban J connectivity index is -0.000000240. The van der Waals surface area contributed by atoms with Crippen molar-refractivity contribution in [3.05, 3.63) is 0 Å². The maximum Gasteiger partial charge on any atom is 0.0672 e. The van der Waals surface area contributed by atoms with Crippen molar-refractivity contribution in [1.82, 2.24) is 0 Å². The van der Waals surface area contributed by atoms with Crippen molar-refractivity contribution < 1.29 is 20.4 Å². The first kappa shape index (κ1) is 27.2. The molecule has 0 aliphatic carbocycles. The molecule has 0 spiro atoms. The summed E-state index contributed by atoms with van der Waals surface area (Å²) >= 11 is 8.88. The van der Waals surface area contributed by atoms with Crippen molar-refractivity contribution in [3.63, 3.8) is 0 Å². The van der Waals surface area contributed by atoms with Gasteiger partial charge >= 0.3 is 69.5 Å². The minimum atomic E-state index is -0.694. The van der Waals surface area contributed by atoms with Crippen LogP contribution in [0.25, 0.3) is 0 Å². The van der Waals surface area contributed by atoms with Crippen LogP contribution >= 0.6 is 0 Å². The first-order valence-corrected chi connectivity index (χ1v) is 12.7. The van der Waals surface area contributed by atoms with E-state index < -0.39 is 12.2 Å². The molecule has 4 nitrogen and oxygen atoms in total. The number of aliphatic hydroxyl groups excluding tert-OH is 4. The van der Waals surface area contributed by atoms with Gasteiger partial charge < -0.3 is 45.7 Å². The summed E-state index contributed by atoms with van der Waals surface area (Å²) in [6.07, 6.45) is 4.45. The second-order valence-electron chi connectivity index (χ2n) is 4.46. The van der Waals surface area contributed by atoms with Crippen molar-refractivity contribution >= 4 is 46.4 Å². The molecular weight excluding hydrogens is 415 g/mol. The van der Waals surface area contributed by atoms with Gasteiger partial charge in [0, 0.05) is 0 Å². The molecule has 128 valence electrons. The van der Waals surface area contributed by atoms with E-state index in [1.165, 1.54) is 25.7 Å². The Kier molecular flexibility index (Phi) is 34.0. The second-order valence-corrected chi connectivity index (χ2v) is 9.41. The molecule has 4 N–H and O–H groups in total. The van der Waals surface area contributed by atoms with Crippen LogP contribution in [0.4, 0.5) is 0 Å². The van der Waals surface area contributed by atoms with E-state index in [0.29, 0.717) is 0 Å². The number of unbranched alkanes of at least 4 members (excludes halogenated alkanes) is 2. The zero-order valence-electron chi connectivity index (χ0n) is 13.3. The first-order chi connectivity index (χ1) is 10.0. The van der Waals surface area contributed by atoms with Crippen LogP contribution in [0.1, 0.15) is 39.5 Å². The van der Waals surface area contributed by atoms with Crippen LogP contribution in [0.3, 0.4) is 0 Å². The molecule has 0 aliphatic rings. The van der Waals surface area contributed by atoms with Gasteiger partial charge in [-0.1, -0.05) is 0 Å². The fourth-order valence-electron chi connectivity index (χ4n) is 0.834. The molecule has 0 fully saturated rings. The molecule has 0 aromatic heterocycles. The van der Waals surface area contributed by atoms with Gasteiger partial charge in [-0.25, -0.2) is 0 Å². The van der Waals surface area contributed by atoms with Gasteiger partial charge in [0.1, 0.15) is 0 Å². The van der Waals surface area contributed by atoms with Gasteiger partial charge in [0.25, 0.3) is 0 Å². The van der Waals surface area contributed by atoms with Crippen LogP contribution < -0.4 is 0 Å². The molecule has 21 heavy (non-hydrogen) atoms. The van der Waals surface area contributed by atoms with Gasteiger partial charge in [0.05, 0.1) is 25.4 Å². The Bertz CT molecular complexity index is 144. The molecule has 0 saturated carbocycles. The molecule has 0 amide bonds. The standard InChI is InChI=1S/2C4H9.2C3H8O2S.Sn/c2*1-3-4-2;2*4-1-3(5)2-6;/h2*1,3-4H2,2H3;2*3-6H,1-2H2;/q;;;;+2/p-2. The Hall–Kier alpha value is 1.34. The van der Waals surface area contributed by atoms with Crippen LogP contribution in [0, 0.1) is 0 Å². The molecule has 7 heteroatoms. The molecule has 0 rings (SSSR count). The molecule has 0 saturated heterocycles. The zero-order chi connectivity index (χ0) is 16.9. The quantitative estimate of drug-likeness (QED) is 0.227. The smallest absolute Gasteiger partial charge is 0.0672 e. The van der Waals surface area contributed by atoms with E-state index >= 15 is 0 Å². The predicted octanol–water partition coefficient (Wildman–Crippen LogP) is 0.900. The van der Waals surface area contributed by atoms with E-state index in [1.54, 1.807) is 8.87 Å². The average Bonchev–Trinajstić information content (AvgIpc) is 2.54. The maximum atomic E-state index is 8.31. The SMILES string of the molecule is CCC[CH2][Sn+2][CH2]CCC.OCC(O)C[S-].OCC(O)C[S-]. The van der Waals surface area contributed by atoms with Gasteiger partial charge in [-0.05, 0) is 0 Å². The summed E-state index contributed by atoms with van der Waals surface area (Å²) in [4.78, 5) is 0. The van der Waals surface area contributed by atoms with Crippen molar-refractivity contribution in [2.24, 2.45) is 0 Å². The first-order valence-electron chi connectivity index (χ1n) is 7.48. The summed E-state index contributed by atoms with van der Waals surface area (Å²) in [5.74, 6) is 0.438. The van der Waals surface area contributed by atoms with Gasteiger partial charge in [0.15, 0.2) is 0 Å². The van der Waals surface area contributed by atoms with Crippen LogP contribution in [-0.2, 0) is 25.3 Å². The zero-order valence-corrected chi connectivity index (χ0v) is 17.8. The molecule has 0 bridgehead atoms. The largest absolute Gasteiger partial charge is 0.790 e. The van der Waals surface area contributed by atoms with E-state index in [2.05, 4.69) is 39.1 Å². The summed E-state index contributed by atoms with van der Waals surface area (Å²) in [7, 11) is 0. The maximum absolute atomic E-state index is 8.31. The number of rotatable bonds is 10. The second kappa shape index (κ2) is 26.2. The number of aliphatic hydroxyl groups is 4. The van der Waals surface area contributed by atoms with E-state index in [9.17, 15) is 0 Å². The van der Waals surface area contributed by atoms with E-state index in [-0.39, 0.29) is 45.9 Å². The third-order valence-electron chi connectivity index (χ3n) is 2.22. The summed E-state index contributed by atoms with van der Waals surface area (Å²) in [5, 5.41) is 32.7. The minimum Gasteiger partial charge on any atom is -0.790 e. The number of hydrogen-bond acceptors (Lipinski definition) is 6. The van der Waals surface area contributed by atoms with Gasteiger partial charge in [-0.3, -0.25) is 0 Å². The van der Waals surface area contributed by atoms with Gasteiger partial charge in [0.2, 0.25) is 0 Å². The third-order valence-corrected chi connectivity index (χ3v) is 7.03. The van der Waals surface area contributed by atoms with Crippen molar-refractivity contribution in [2.75, 3.05) is 24.7 Å². The van der Waals surface area contributed by atoms with Crippen LogP contribution in [0.15, 0.2) is 0 Å². The van der Waals surface area contributed by atoms with Gasteiger partial charge in [-0.2, -0.15) is 0 Å². The van der Waals surface area contributed by atoms with Crippen molar-refractivity contribution in [1.29, 1.82) is 0 Å². The van der Waals surface area contributed by atoms with Gasteiger partial charge in [-0.15, -0.1) is 11.5 Å². The molecule has 0 heterocycles. The Morgan fingerprint density at radius 1 is 0.810 bits per heavy atom. The van der Waals surface area contributed by atoms with Crippen molar-refractivity contribution in [2.45, 2.75) is 60.6 Å². The molecule has 0 aromatic carbocycles. The predicted molar refractivity (Wildman–Crippen MR) is 95.8 cm³/mol. The van der Waals surface area contributed by atoms with Crippen LogP contribution in [-0.4, -0.2) is 78.5 Å². The van der Waals surface area contributed by atoms with Crippen molar-refractivity contribution in [3.8, 4) is 0 Å². The Morgan fingerprint density at radius 2 is 1.14 bits per heavy atom. The molecule has 2 atom stereocenters. The normalized spacial score (nSPS) is 12.2. The molecular formula is C14H32O4S2Sn. The average molecular weight is 447 g/mol. The Labute approximate surface area is 151 Å². The third kappa shape index (κ3) is 33.9. The van der Waals surface area contributed by atoms with E-state index in [0.717, 1.165) is 0 Å². The molecule has 2 unspecified atom stereocenters. The van der Waals surface area contributed by atoms with Crippen LogP contribution in [0.5, 0.6) is 0 Å². The topological polar surface area (TPSA) is 80.9 Å². The summed E-state index contributed by atoms with van der Waals surface area (Å²) in [6.45, 7) is 4.14. The summed E-state index contributed by atoms with van der Waals surface area (Å²) < 4.78 is 3.25. The van der Waals surface area contributed by atoms with E-state index in [4.69, 9.17) is 20.4 Å². The van der Waals surface area contributed by atoms with Crippen LogP contribution in [0.2, 0.25) is 8.87 Å². The molecule has 0 radical (unpaired) electrons. The summed E-state index contributed by atoms with van der Waals surface area (Å²) in [5.41, 5.74) is 0. The Morgan fingerprint density at radius 3 is 1.29 bits per heavy atom. The molecule has 0 aromatic rings. The monoisotopic (exact) mass is 448 g/mol. The minimum absolute atomic E-state index is 0.149. The number of hydrogen-bond donors (Lipinski definition) is 4. The molecule has 0 aliphatic heterocycles. The fourth-order valence-corrected chi connectivity index (χ4v) is 5.20. The fraction of sp³-hybridized carbons (Fsp3) is 1.00.